The van der Waals surface area contributed by atoms with Crippen LogP contribution in [0.15, 0.2) is 0 Å². The number of ether oxygens (including phenoxy) is 1. The van der Waals surface area contributed by atoms with Crippen LogP contribution < -0.4 is 0 Å². The maximum atomic E-state index is 12.1. The van der Waals surface area contributed by atoms with Gasteiger partial charge in [0.25, 0.3) is 0 Å². The predicted octanol–water partition coefficient (Wildman–Crippen LogP) is 2.31. The lowest BCUT2D eigenvalue weighted by molar-refractivity contribution is -0.134. The number of thiol groups is 1. The summed E-state index contributed by atoms with van der Waals surface area (Å²) in [5, 5.41) is 0.137. The summed E-state index contributed by atoms with van der Waals surface area (Å²) in [4.78, 5) is 27.8. The van der Waals surface area contributed by atoms with E-state index >= 15 is 0 Å². The lowest BCUT2D eigenvalue weighted by Gasteiger charge is -2.45. The van der Waals surface area contributed by atoms with Gasteiger partial charge in [-0.05, 0) is 40.5 Å². The zero-order valence-electron chi connectivity index (χ0n) is 13.4. The summed E-state index contributed by atoms with van der Waals surface area (Å²) < 4.78 is 5.40. The second-order valence-electron chi connectivity index (χ2n) is 7.33. The summed E-state index contributed by atoms with van der Waals surface area (Å²) in [7, 11) is 0. The Morgan fingerprint density at radius 2 is 1.90 bits per heavy atom. The molecule has 2 rings (SSSR count). The fourth-order valence-electron chi connectivity index (χ4n) is 2.98. The van der Waals surface area contributed by atoms with Crippen molar-refractivity contribution in [1.29, 1.82) is 0 Å². The molecular weight excluding hydrogens is 288 g/mol. The average molecular weight is 314 g/mol. The number of nitrogens with zero attached hydrogens (tertiary/aromatic N) is 2. The second kappa shape index (κ2) is 5.71. The Labute approximate surface area is 132 Å². The number of piperidine rings is 1. The van der Waals surface area contributed by atoms with Crippen molar-refractivity contribution in [3.05, 3.63) is 0 Å². The Kier molecular flexibility index (Phi) is 4.47. The second-order valence-corrected chi connectivity index (χ2v) is 8.06. The van der Waals surface area contributed by atoms with Gasteiger partial charge in [-0.15, -0.1) is 0 Å². The molecule has 0 radical (unpaired) electrons. The molecule has 5 nitrogen and oxygen atoms in total. The highest BCUT2D eigenvalue weighted by Gasteiger charge is 2.43. The number of hydrogen-bond acceptors (Lipinski definition) is 4. The molecule has 0 aromatic carbocycles. The van der Waals surface area contributed by atoms with Crippen molar-refractivity contribution in [2.24, 2.45) is 0 Å². The molecule has 2 aliphatic rings. The van der Waals surface area contributed by atoms with Crippen LogP contribution in [-0.2, 0) is 9.53 Å². The molecule has 0 aliphatic carbocycles. The monoisotopic (exact) mass is 314 g/mol. The first-order valence-corrected chi connectivity index (χ1v) is 8.09. The molecule has 0 bridgehead atoms. The van der Waals surface area contributed by atoms with Gasteiger partial charge in [0.15, 0.2) is 0 Å². The predicted molar refractivity (Wildman–Crippen MR) is 84.6 cm³/mol. The Morgan fingerprint density at radius 3 is 2.33 bits per heavy atom. The Morgan fingerprint density at radius 1 is 1.33 bits per heavy atom. The summed E-state index contributed by atoms with van der Waals surface area (Å²) in [6.45, 7) is 9.70. The molecule has 2 aliphatic heterocycles. The number of carbonyl (C=O) groups is 2. The average Bonchev–Trinajstić information content (AvgIpc) is 2.68. The normalized spacial score (nSPS) is 26.1. The number of hydrogen-bond donors (Lipinski definition) is 1. The van der Waals surface area contributed by atoms with Crippen LogP contribution in [0.1, 0.15) is 47.0 Å². The van der Waals surface area contributed by atoms with Crippen molar-refractivity contribution >= 4 is 24.6 Å². The van der Waals surface area contributed by atoms with Crippen molar-refractivity contribution in [2.75, 3.05) is 19.6 Å². The van der Waals surface area contributed by atoms with Crippen molar-refractivity contribution in [3.8, 4) is 0 Å². The van der Waals surface area contributed by atoms with Crippen LogP contribution in [0.3, 0.4) is 0 Å². The first kappa shape index (κ1) is 16.5. The first-order valence-electron chi connectivity index (χ1n) is 7.57. The molecule has 0 aromatic rings. The third-order valence-corrected chi connectivity index (χ3v) is 4.59. The molecule has 1 atom stereocenters. The number of amides is 2. The standard InChI is InChI=1S/C15H26N2O3S/c1-14(2,3)20-13(19)16-7-5-15(4,6-8-16)17-10-11(21)9-12(17)18/h11,21H,5-10H2,1-4H3. The molecule has 2 heterocycles. The largest absolute Gasteiger partial charge is 0.444 e. The molecule has 0 saturated carbocycles. The zero-order chi connectivity index (χ0) is 15.8. The molecule has 2 saturated heterocycles. The van der Waals surface area contributed by atoms with E-state index in [1.54, 1.807) is 4.90 Å². The Bertz CT molecular complexity index is 425. The van der Waals surface area contributed by atoms with E-state index in [0.717, 1.165) is 12.8 Å². The maximum Gasteiger partial charge on any atom is 0.410 e. The lowest BCUT2D eigenvalue weighted by atomic mass is 9.88. The molecule has 2 amide bonds. The summed E-state index contributed by atoms with van der Waals surface area (Å²) in [5.74, 6) is 0.184. The van der Waals surface area contributed by atoms with Crippen LogP contribution in [0.2, 0.25) is 0 Å². The minimum absolute atomic E-state index is 0.137. The van der Waals surface area contributed by atoms with Crippen LogP contribution >= 0.6 is 12.6 Å². The van der Waals surface area contributed by atoms with E-state index in [-0.39, 0.29) is 22.8 Å². The quantitative estimate of drug-likeness (QED) is 0.756. The van der Waals surface area contributed by atoms with E-state index in [4.69, 9.17) is 4.74 Å². The fourth-order valence-corrected chi connectivity index (χ4v) is 3.30. The highest BCUT2D eigenvalue weighted by Crippen LogP contribution is 2.33. The molecule has 2 fully saturated rings. The molecular formula is C15H26N2O3S. The van der Waals surface area contributed by atoms with Crippen LogP contribution in [0.4, 0.5) is 4.79 Å². The number of carbonyl (C=O) groups excluding carboxylic acids is 2. The molecule has 0 spiro atoms. The van der Waals surface area contributed by atoms with Crippen LogP contribution in [0.5, 0.6) is 0 Å². The van der Waals surface area contributed by atoms with E-state index in [2.05, 4.69) is 19.6 Å². The molecule has 1 unspecified atom stereocenters. The van der Waals surface area contributed by atoms with Gasteiger partial charge >= 0.3 is 6.09 Å². The Hall–Kier alpha value is -0.910. The first-order chi connectivity index (χ1) is 9.61. The highest BCUT2D eigenvalue weighted by molar-refractivity contribution is 7.81. The van der Waals surface area contributed by atoms with E-state index in [9.17, 15) is 9.59 Å². The summed E-state index contributed by atoms with van der Waals surface area (Å²) >= 11 is 4.42. The summed E-state index contributed by atoms with van der Waals surface area (Å²) in [5.41, 5.74) is -0.630. The van der Waals surface area contributed by atoms with E-state index in [1.807, 2.05) is 25.7 Å². The molecule has 120 valence electrons. The van der Waals surface area contributed by atoms with Crippen molar-refractivity contribution in [3.63, 3.8) is 0 Å². The summed E-state index contributed by atoms with van der Waals surface area (Å²) in [6.07, 6.45) is 1.84. The molecule has 0 aromatic heterocycles. The van der Waals surface area contributed by atoms with E-state index in [1.165, 1.54) is 0 Å². The minimum atomic E-state index is -0.470. The third-order valence-electron chi connectivity index (χ3n) is 4.25. The molecule has 6 heteroatoms. The van der Waals surface area contributed by atoms with Crippen molar-refractivity contribution in [2.45, 2.75) is 63.3 Å². The highest BCUT2D eigenvalue weighted by atomic mass is 32.1. The van der Waals surface area contributed by atoms with Crippen LogP contribution in [-0.4, -0.2) is 57.8 Å². The van der Waals surface area contributed by atoms with Crippen LogP contribution in [0.25, 0.3) is 0 Å². The number of rotatable bonds is 1. The van der Waals surface area contributed by atoms with Gasteiger partial charge in [-0.2, -0.15) is 12.6 Å². The Balaban J connectivity index is 1.93. The summed E-state index contributed by atoms with van der Waals surface area (Å²) in [6, 6.07) is 0. The van der Waals surface area contributed by atoms with Crippen molar-refractivity contribution in [1.82, 2.24) is 9.80 Å². The maximum absolute atomic E-state index is 12.1. The minimum Gasteiger partial charge on any atom is -0.444 e. The van der Waals surface area contributed by atoms with Gasteiger partial charge in [-0.3, -0.25) is 4.79 Å². The number of likely N-dealkylation sites (tertiary alicyclic amines) is 2. The van der Waals surface area contributed by atoms with Gasteiger partial charge in [0.2, 0.25) is 5.91 Å². The molecule has 21 heavy (non-hydrogen) atoms. The smallest absolute Gasteiger partial charge is 0.410 e. The molecule has 0 N–H and O–H groups in total. The van der Waals surface area contributed by atoms with Gasteiger partial charge in [0.1, 0.15) is 5.60 Å². The van der Waals surface area contributed by atoms with Gasteiger partial charge in [-0.25, -0.2) is 4.79 Å². The zero-order valence-corrected chi connectivity index (χ0v) is 14.3. The lowest BCUT2D eigenvalue weighted by Crippen LogP contribution is -2.55. The van der Waals surface area contributed by atoms with Gasteiger partial charge in [0, 0.05) is 36.8 Å². The van der Waals surface area contributed by atoms with E-state index < -0.39 is 5.60 Å². The van der Waals surface area contributed by atoms with Gasteiger partial charge < -0.3 is 14.5 Å². The van der Waals surface area contributed by atoms with Crippen molar-refractivity contribution < 1.29 is 14.3 Å². The SMILES string of the molecule is CC(C)(C)OC(=O)N1CCC(C)(N2CC(S)CC2=O)CC1. The van der Waals surface area contributed by atoms with Crippen LogP contribution in [0, 0.1) is 0 Å². The third kappa shape index (κ3) is 3.84. The van der Waals surface area contributed by atoms with Gasteiger partial charge in [-0.1, -0.05) is 0 Å². The van der Waals surface area contributed by atoms with Gasteiger partial charge in [0.05, 0.1) is 0 Å². The fraction of sp³-hybridized carbons (Fsp3) is 0.867. The van der Waals surface area contributed by atoms with E-state index in [0.29, 0.717) is 26.1 Å². The topological polar surface area (TPSA) is 49.9 Å².